The maximum Gasteiger partial charge on any atom is 0.244 e. The van der Waals surface area contributed by atoms with Gasteiger partial charge in [-0.3, -0.25) is 9.78 Å². The summed E-state index contributed by atoms with van der Waals surface area (Å²) in [6.07, 6.45) is 5.19. The van der Waals surface area contributed by atoms with Crippen LogP contribution in [0.3, 0.4) is 0 Å². The van der Waals surface area contributed by atoms with Gasteiger partial charge in [-0.15, -0.1) is 0 Å². The highest BCUT2D eigenvalue weighted by Crippen LogP contribution is 2.24. The molecule has 0 aliphatic rings. The van der Waals surface area contributed by atoms with E-state index in [1.54, 1.807) is 36.5 Å². The van der Waals surface area contributed by atoms with Crippen molar-refractivity contribution in [3.63, 3.8) is 0 Å². The molecule has 0 spiro atoms. The van der Waals surface area contributed by atoms with Gasteiger partial charge in [0, 0.05) is 31.0 Å². The lowest BCUT2D eigenvalue weighted by Crippen LogP contribution is -2.26. The molecule has 2 N–H and O–H groups in total. The fourth-order valence-electron chi connectivity index (χ4n) is 2.66. The van der Waals surface area contributed by atoms with Crippen molar-refractivity contribution in [1.29, 1.82) is 0 Å². The molecule has 3 rings (SSSR count). The van der Waals surface area contributed by atoms with Crippen molar-refractivity contribution in [3.05, 3.63) is 64.9 Å². The molecular formula is C20H22N4O4S2. The van der Waals surface area contributed by atoms with Crippen molar-refractivity contribution in [1.82, 2.24) is 14.7 Å². The Balaban J connectivity index is 1.50. The Morgan fingerprint density at radius 3 is 2.77 bits per heavy atom. The van der Waals surface area contributed by atoms with E-state index in [1.807, 2.05) is 6.92 Å². The fourth-order valence-corrected chi connectivity index (χ4v) is 4.79. The van der Waals surface area contributed by atoms with Crippen LogP contribution >= 0.6 is 11.3 Å². The number of aromatic nitrogens is 2. The molecule has 30 heavy (non-hydrogen) atoms. The number of aryl methyl sites for hydroxylation is 1. The van der Waals surface area contributed by atoms with Crippen LogP contribution in [0.25, 0.3) is 0 Å². The van der Waals surface area contributed by atoms with Crippen molar-refractivity contribution in [2.24, 2.45) is 0 Å². The number of nitrogens with one attached hydrogen (secondary N) is 2. The lowest BCUT2D eigenvalue weighted by atomic mass is 10.2. The van der Waals surface area contributed by atoms with Crippen LogP contribution in [0.4, 0.5) is 5.13 Å². The van der Waals surface area contributed by atoms with E-state index in [0.717, 1.165) is 5.56 Å². The van der Waals surface area contributed by atoms with E-state index in [9.17, 15) is 13.2 Å². The standard InChI is InChI=1S/C20H22N4O4S2/c1-14-6-7-16(28-2)18(11-14)30(26,27)24-10-4-9-22-20-23-13-17(29-20)19(25)15-5-3-8-21-12-15/h3,5-8,11-13,24H,4,9-10H2,1-2H3,(H,22,23). The van der Waals surface area contributed by atoms with Crippen LogP contribution in [0.2, 0.25) is 0 Å². The van der Waals surface area contributed by atoms with Crippen molar-refractivity contribution < 1.29 is 17.9 Å². The van der Waals surface area contributed by atoms with E-state index in [-0.39, 0.29) is 17.2 Å². The molecule has 0 unspecified atom stereocenters. The SMILES string of the molecule is COc1ccc(C)cc1S(=O)(=O)NCCCNc1ncc(C(=O)c2cccnc2)s1. The van der Waals surface area contributed by atoms with Crippen LogP contribution in [0.15, 0.2) is 53.8 Å². The highest BCUT2D eigenvalue weighted by molar-refractivity contribution is 7.89. The number of carbonyl (C=O) groups excluding carboxylic acids is 1. The van der Waals surface area contributed by atoms with Gasteiger partial charge in [-0.25, -0.2) is 18.1 Å². The largest absolute Gasteiger partial charge is 0.495 e. The zero-order valence-electron chi connectivity index (χ0n) is 16.6. The Morgan fingerprint density at radius 2 is 2.03 bits per heavy atom. The lowest BCUT2D eigenvalue weighted by Gasteiger charge is -2.11. The summed E-state index contributed by atoms with van der Waals surface area (Å²) < 4.78 is 32.8. The fraction of sp³-hybridized carbons (Fsp3) is 0.250. The predicted molar refractivity (Wildman–Crippen MR) is 116 cm³/mol. The van der Waals surface area contributed by atoms with Gasteiger partial charge in [0.1, 0.15) is 10.6 Å². The molecule has 2 aromatic heterocycles. The molecular weight excluding hydrogens is 424 g/mol. The highest BCUT2D eigenvalue weighted by atomic mass is 32.2. The number of thiazole rings is 1. The number of nitrogens with zero attached hydrogens (tertiary/aromatic N) is 2. The van der Waals surface area contributed by atoms with Gasteiger partial charge in [0.15, 0.2) is 5.13 Å². The van der Waals surface area contributed by atoms with Crippen LogP contribution in [-0.2, 0) is 10.0 Å². The number of ether oxygens (including phenoxy) is 1. The number of carbonyl (C=O) groups is 1. The van der Waals surface area contributed by atoms with Gasteiger partial charge in [-0.05, 0) is 43.2 Å². The number of anilines is 1. The highest BCUT2D eigenvalue weighted by Gasteiger charge is 2.19. The molecule has 158 valence electrons. The van der Waals surface area contributed by atoms with Gasteiger partial charge in [-0.2, -0.15) is 0 Å². The average Bonchev–Trinajstić information content (AvgIpc) is 3.22. The van der Waals surface area contributed by atoms with Gasteiger partial charge < -0.3 is 10.1 Å². The summed E-state index contributed by atoms with van der Waals surface area (Å²) in [4.78, 5) is 21.2. The number of hydrogen-bond donors (Lipinski definition) is 2. The van der Waals surface area contributed by atoms with Crippen molar-refractivity contribution in [3.8, 4) is 5.75 Å². The molecule has 0 fully saturated rings. The Bertz CT molecular complexity index is 1110. The molecule has 0 radical (unpaired) electrons. The Hall–Kier alpha value is -2.82. The maximum atomic E-state index is 12.5. The number of ketones is 1. The molecule has 0 amide bonds. The number of sulfonamides is 1. The zero-order valence-corrected chi connectivity index (χ0v) is 18.2. The van der Waals surface area contributed by atoms with E-state index >= 15 is 0 Å². The second-order valence-electron chi connectivity index (χ2n) is 6.43. The van der Waals surface area contributed by atoms with E-state index in [1.165, 1.54) is 30.8 Å². The Morgan fingerprint density at radius 1 is 1.20 bits per heavy atom. The van der Waals surface area contributed by atoms with Crippen LogP contribution in [0.5, 0.6) is 5.75 Å². The summed E-state index contributed by atoms with van der Waals surface area (Å²) in [5, 5.41) is 3.71. The van der Waals surface area contributed by atoms with Gasteiger partial charge >= 0.3 is 0 Å². The maximum absolute atomic E-state index is 12.5. The minimum atomic E-state index is -3.67. The number of hydrogen-bond acceptors (Lipinski definition) is 8. The van der Waals surface area contributed by atoms with Crippen molar-refractivity contribution >= 4 is 32.3 Å². The third-order valence-corrected chi connectivity index (χ3v) is 6.62. The van der Waals surface area contributed by atoms with Crippen LogP contribution in [-0.4, -0.2) is 44.4 Å². The van der Waals surface area contributed by atoms with E-state index in [4.69, 9.17) is 4.74 Å². The minimum Gasteiger partial charge on any atom is -0.495 e. The monoisotopic (exact) mass is 446 g/mol. The molecule has 8 nitrogen and oxygen atoms in total. The van der Waals surface area contributed by atoms with Crippen molar-refractivity contribution in [2.45, 2.75) is 18.2 Å². The molecule has 0 aliphatic carbocycles. The summed E-state index contributed by atoms with van der Waals surface area (Å²) in [5.41, 5.74) is 1.34. The molecule has 0 atom stereocenters. The zero-order chi connectivity index (χ0) is 21.6. The number of benzene rings is 1. The van der Waals surface area contributed by atoms with Crippen LogP contribution < -0.4 is 14.8 Å². The first kappa shape index (κ1) is 21.9. The summed E-state index contributed by atoms with van der Waals surface area (Å²) in [6, 6.07) is 8.43. The van der Waals surface area contributed by atoms with Gasteiger partial charge in [0.2, 0.25) is 15.8 Å². The molecule has 0 aliphatic heterocycles. The first-order valence-corrected chi connectivity index (χ1v) is 11.5. The van der Waals surface area contributed by atoms with Crippen LogP contribution in [0.1, 0.15) is 27.2 Å². The summed E-state index contributed by atoms with van der Waals surface area (Å²) in [6.45, 7) is 2.57. The number of methoxy groups -OCH3 is 1. The quantitative estimate of drug-likeness (QED) is 0.364. The van der Waals surface area contributed by atoms with Gasteiger partial charge in [0.05, 0.1) is 18.2 Å². The number of pyridine rings is 1. The molecule has 3 aromatic rings. The smallest absolute Gasteiger partial charge is 0.244 e. The molecule has 2 heterocycles. The Kier molecular flexibility index (Phi) is 7.14. The van der Waals surface area contributed by atoms with Crippen LogP contribution in [0, 0.1) is 6.92 Å². The lowest BCUT2D eigenvalue weighted by molar-refractivity contribution is 0.104. The van der Waals surface area contributed by atoms with Gasteiger partial charge in [0.25, 0.3) is 0 Å². The second-order valence-corrected chi connectivity index (χ2v) is 9.20. The van der Waals surface area contributed by atoms with E-state index < -0.39 is 10.0 Å². The first-order valence-electron chi connectivity index (χ1n) is 9.19. The average molecular weight is 447 g/mol. The van der Waals surface area contributed by atoms with Crippen molar-refractivity contribution in [2.75, 3.05) is 25.5 Å². The molecule has 0 saturated heterocycles. The Labute approximate surface area is 179 Å². The van der Waals surface area contributed by atoms with E-state index in [0.29, 0.717) is 34.3 Å². The third-order valence-electron chi connectivity index (χ3n) is 4.18. The third kappa shape index (κ3) is 5.41. The normalized spacial score (nSPS) is 11.3. The van der Waals surface area contributed by atoms with Gasteiger partial charge in [-0.1, -0.05) is 17.4 Å². The number of rotatable bonds is 10. The predicted octanol–water partition coefficient (Wildman–Crippen LogP) is 2.87. The second kappa shape index (κ2) is 9.79. The molecule has 10 heteroatoms. The summed E-state index contributed by atoms with van der Waals surface area (Å²) in [5.74, 6) is 0.174. The minimum absolute atomic E-state index is 0.122. The summed E-state index contributed by atoms with van der Waals surface area (Å²) >= 11 is 1.25. The molecule has 0 saturated carbocycles. The topological polar surface area (TPSA) is 110 Å². The molecule has 0 bridgehead atoms. The van der Waals surface area contributed by atoms with E-state index in [2.05, 4.69) is 20.0 Å². The first-order chi connectivity index (χ1) is 14.4. The molecule has 1 aromatic carbocycles. The summed E-state index contributed by atoms with van der Waals surface area (Å²) in [7, 11) is -2.24.